The smallest absolute Gasteiger partial charge is 0.253 e. The van der Waals surface area contributed by atoms with Gasteiger partial charge in [0.1, 0.15) is 0 Å². The maximum Gasteiger partial charge on any atom is 0.253 e. The van der Waals surface area contributed by atoms with E-state index in [9.17, 15) is 4.79 Å². The van der Waals surface area contributed by atoms with Crippen LogP contribution in [0.25, 0.3) is 0 Å². The van der Waals surface area contributed by atoms with Gasteiger partial charge in [-0.25, -0.2) is 0 Å². The van der Waals surface area contributed by atoms with Crippen LogP contribution in [-0.2, 0) is 0 Å². The number of benzene rings is 1. The summed E-state index contributed by atoms with van der Waals surface area (Å²) in [4.78, 5) is 16.6. The SMILES string of the molecule is CCCN(CC)c1ccc(C(=O)N(C)CCC(N)C(C)C)cc1.Cl.Cl. The monoisotopic (exact) mass is 391 g/mol. The Bertz CT molecular complexity index is 480. The van der Waals surface area contributed by atoms with Crippen molar-refractivity contribution in [3.8, 4) is 0 Å². The quantitative estimate of drug-likeness (QED) is 0.685. The molecule has 0 aliphatic carbocycles. The van der Waals surface area contributed by atoms with Gasteiger partial charge in [-0.1, -0.05) is 20.8 Å². The number of anilines is 1. The van der Waals surface area contributed by atoms with E-state index in [0.717, 1.165) is 31.5 Å². The molecule has 0 fully saturated rings. The Morgan fingerprint density at radius 2 is 1.64 bits per heavy atom. The standard InChI is InChI=1S/C19H33N3O.2ClH/c1-6-13-22(7-2)17-10-8-16(9-11-17)19(23)21(5)14-12-18(20)15(3)4;;/h8-11,15,18H,6-7,12-14,20H2,1-5H3;2*1H. The van der Waals surface area contributed by atoms with Gasteiger partial charge in [0.05, 0.1) is 0 Å². The van der Waals surface area contributed by atoms with E-state index in [1.807, 2.05) is 31.3 Å². The summed E-state index contributed by atoms with van der Waals surface area (Å²) in [5.41, 5.74) is 7.97. The number of hydrogen-bond donors (Lipinski definition) is 1. The highest BCUT2D eigenvalue weighted by atomic mass is 35.5. The van der Waals surface area contributed by atoms with Crippen LogP contribution in [0.2, 0.25) is 0 Å². The van der Waals surface area contributed by atoms with Gasteiger partial charge in [-0.05, 0) is 49.9 Å². The van der Waals surface area contributed by atoms with Gasteiger partial charge >= 0.3 is 0 Å². The molecule has 0 bridgehead atoms. The summed E-state index contributed by atoms with van der Waals surface area (Å²) in [5.74, 6) is 0.502. The van der Waals surface area contributed by atoms with Crippen molar-refractivity contribution < 1.29 is 4.79 Å². The Balaban J connectivity index is 0. The van der Waals surface area contributed by atoms with Gasteiger partial charge in [0.2, 0.25) is 0 Å². The fourth-order valence-corrected chi connectivity index (χ4v) is 2.55. The zero-order valence-corrected chi connectivity index (χ0v) is 17.8. The Hall–Kier alpha value is -0.970. The summed E-state index contributed by atoms with van der Waals surface area (Å²) in [6, 6.07) is 8.07. The van der Waals surface area contributed by atoms with E-state index in [-0.39, 0.29) is 36.8 Å². The van der Waals surface area contributed by atoms with Crippen LogP contribution >= 0.6 is 24.8 Å². The number of nitrogens with zero attached hydrogens (tertiary/aromatic N) is 2. The lowest BCUT2D eigenvalue weighted by molar-refractivity contribution is 0.0789. The normalized spacial score (nSPS) is 11.3. The minimum absolute atomic E-state index is 0. The average molecular weight is 392 g/mol. The second-order valence-corrected chi connectivity index (χ2v) is 6.55. The van der Waals surface area contributed by atoms with Crippen molar-refractivity contribution in [1.82, 2.24) is 4.90 Å². The zero-order valence-electron chi connectivity index (χ0n) is 16.2. The Morgan fingerprint density at radius 1 is 1.08 bits per heavy atom. The molecule has 0 aliphatic heterocycles. The molecule has 0 saturated carbocycles. The first-order chi connectivity index (χ1) is 10.9. The predicted molar refractivity (Wildman–Crippen MR) is 114 cm³/mol. The molecule has 2 N–H and O–H groups in total. The molecule has 1 atom stereocenters. The van der Waals surface area contributed by atoms with E-state index in [0.29, 0.717) is 12.5 Å². The van der Waals surface area contributed by atoms with Crippen LogP contribution in [0.15, 0.2) is 24.3 Å². The summed E-state index contributed by atoms with van der Waals surface area (Å²) < 4.78 is 0. The third kappa shape index (κ3) is 8.30. The lowest BCUT2D eigenvalue weighted by atomic mass is 10.0. The first-order valence-corrected chi connectivity index (χ1v) is 8.76. The van der Waals surface area contributed by atoms with Crippen molar-refractivity contribution in [3.63, 3.8) is 0 Å². The number of nitrogens with two attached hydrogens (primary N) is 1. The van der Waals surface area contributed by atoms with Gasteiger partial charge in [-0.2, -0.15) is 0 Å². The van der Waals surface area contributed by atoms with Crippen LogP contribution in [0.4, 0.5) is 5.69 Å². The number of carbonyl (C=O) groups is 1. The number of hydrogen-bond acceptors (Lipinski definition) is 3. The van der Waals surface area contributed by atoms with Crippen LogP contribution in [0, 0.1) is 5.92 Å². The minimum atomic E-state index is 0. The summed E-state index contributed by atoms with van der Waals surface area (Å²) in [6.45, 7) is 11.3. The lowest BCUT2D eigenvalue weighted by Gasteiger charge is -2.24. The van der Waals surface area contributed by atoms with Gasteiger partial charge in [-0.15, -0.1) is 24.8 Å². The fourth-order valence-electron chi connectivity index (χ4n) is 2.55. The lowest BCUT2D eigenvalue weighted by Crippen LogP contribution is -2.34. The van der Waals surface area contributed by atoms with Crippen molar-refractivity contribution in [2.24, 2.45) is 11.7 Å². The average Bonchev–Trinajstić information content (AvgIpc) is 2.56. The molecule has 4 nitrogen and oxygen atoms in total. The maximum atomic E-state index is 12.5. The molecule has 146 valence electrons. The molecule has 1 aromatic rings. The van der Waals surface area contributed by atoms with Crippen molar-refractivity contribution >= 4 is 36.4 Å². The first-order valence-electron chi connectivity index (χ1n) is 8.76. The number of rotatable bonds is 9. The fraction of sp³-hybridized carbons (Fsp3) is 0.632. The molecule has 0 radical (unpaired) electrons. The van der Waals surface area contributed by atoms with Gasteiger partial charge in [-0.3, -0.25) is 4.79 Å². The summed E-state index contributed by atoms with van der Waals surface area (Å²) in [7, 11) is 1.85. The third-order valence-electron chi connectivity index (χ3n) is 4.36. The van der Waals surface area contributed by atoms with E-state index in [2.05, 4.69) is 32.6 Å². The van der Waals surface area contributed by atoms with E-state index >= 15 is 0 Å². The van der Waals surface area contributed by atoms with Crippen molar-refractivity contribution in [1.29, 1.82) is 0 Å². The van der Waals surface area contributed by atoms with Crippen LogP contribution < -0.4 is 10.6 Å². The topological polar surface area (TPSA) is 49.6 Å². The highest BCUT2D eigenvalue weighted by Gasteiger charge is 2.15. The van der Waals surface area contributed by atoms with Gasteiger partial charge in [0, 0.05) is 44.0 Å². The van der Waals surface area contributed by atoms with E-state index in [4.69, 9.17) is 5.73 Å². The van der Waals surface area contributed by atoms with E-state index < -0.39 is 0 Å². The molecule has 1 unspecified atom stereocenters. The molecule has 0 saturated heterocycles. The molecule has 0 spiro atoms. The largest absolute Gasteiger partial charge is 0.372 e. The molecule has 0 aromatic heterocycles. The molecule has 6 heteroatoms. The van der Waals surface area contributed by atoms with Crippen LogP contribution in [0.3, 0.4) is 0 Å². The van der Waals surface area contributed by atoms with E-state index in [1.54, 1.807) is 4.90 Å². The number of amides is 1. The predicted octanol–water partition coefficient (Wildman–Crippen LogP) is 4.21. The van der Waals surface area contributed by atoms with Crippen LogP contribution in [-0.4, -0.2) is 43.5 Å². The molecule has 1 amide bonds. The van der Waals surface area contributed by atoms with Crippen molar-refractivity contribution in [2.75, 3.05) is 31.6 Å². The molecular weight excluding hydrogens is 357 g/mol. The Kier molecular flexibility index (Phi) is 13.9. The van der Waals surface area contributed by atoms with Crippen molar-refractivity contribution in [3.05, 3.63) is 29.8 Å². The minimum Gasteiger partial charge on any atom is -0.372 e. The maximum absolute atomic E-state index is 12.5. The number of halogens is 2. The Labute approximate surface area is 166 Å². The van der Waals surface area contributed by atoms with Gasteiger partial charge in [0.25, 0.3) is 5.91 Å². The molecule has 0 aliphatic rings. The van der Waals surface area contributed by atoms with Crippen LogP contribution in [0.1, 0.15) is 50.9 Å². The summed E-state index contributed by atoms with van der Waals surface area (Å²) in [5, 5.41) is 0. The molecule has 0 heterocycles. The summed E-state index contributed by atoms with van der Waals surface area (Å²) >= 11 is 0. The van der Waals surface area contributed by atoms with Gasteiger partial charge < -0.3 is 15.5 Å². The highest BCUT2D eigenvalue weighted by molar-refractivity contribution is 5.94. The second-order valence-electron chi connectivity index (χ2n) is 6.55. The van der Waals surface area contributed by atoms with Gasteiger partial charge in [0.15, 0.2) is 0 Å². The summed E-state index contributed by atoms with van der Waals surface area (Å²) in [6.07, 6.45) is 1.95. The van der Waals surface area contributed by atoms with Crippen LogP contribution in [0.5, 0.6) is 0 Å². The van der Waals surface area contributed by atoms with E-state index in [1.165, 1.54) is 5.69 Å². The molecular formula is C19H35Cl2N3O. The first kappa shape index (κ1) is 26.3. The zero-order chi connectivity index (χ0) is 17.4. The Morgan fingerprint density at radius 3 is 2.08 bits per heavy atom. The van der Waals surface area contributed by atoms with Crippen molar-refractivity contribution in [2.45, 2.75) is 46.6 Å². The third-order valence-corrected chi connectivity index (χ3v) is 4.36. The highest BCUT2D eigenvalue weighted by Crippen LogP contribution is 2.16. The second kappa shape index (κ2) is 13.3. The molecule has 1 rings (SSSR count). The molecule has 25 heavy (non-hydrogen) atoms. The molecule has 1 aromatic carbocycles. The number of carbonyl (C=O) groups excluding carboxylic acids is 1.